The highest BCUT2D eigenvalue weighted by Crippen LogP contribution is 2.34. The number of hydrogen-bond acceptors (Lipinski definition) is 7. The van der Waals surface area contributed by atoms with Gasteiger partial charge in [-0.3, -0.25) is 13.9 Å². The van der Waals surface area contributed by atoms with Crippen molar-refractivity contribution >= 4 is 33.7 Å². The van der Waals surface area contributed by atoms with Crippen LogP contribution in [0, 0.1) is 6.92 Å². The molecule has 1 aliphatic carbocycles. The molecule has 37 heavy (non-hydrogen) atoms. The largest absolute Gasteiger partial charge is 0.443 e. The van der Waals surface area contributed by atoms with E-state index in [9.17, 15) is 32.3 Å². The van der Waals surface area contributed by atoms with Crippen molar-refractivity contribution in [3.05, 3.63) is 31.3 Å². The number of hydrazine groups is 1. The van der Waals surface area contributed by atoms with Crippen molar-refractivity contribution in [1.82, 2.24) is 19.6 Å². The third kappa shape index (κ3) is 6.44. The Labute approximate surface area is 213 Å². The zero-order valence-electron chi connectivity index (χ0n) is 21.1. The molecule has 0 aliphatic heterocycles. The van der Waals surface area contributed by atoms with Crippen molar-refractivity contribution in [2.75, 3.05) is 7.11 Å². The summed E-state index contributed by atoms with van der Waals surface area (Å²) >= 11 is 0.883. The van der Waals surface area contributed by atoms with Crippen LogP contribution in [0.4, 0.5) is 22.8 Å². The van der Waals surface area contributed by atoms with Gasteiger partial charge in [0.05, 0.1) is 24.5 Å². The number of ether oxygens (including phenoxy) is 2. The first-order valence-electron chi connectivity index (χ1n) is 11.5. The fourth-order valence-electron chi connectivity index (χ4n) is 3.99. The second-order valence-electron chi connectivity index (χ2n) is 9.83. The Morgan fingerprint density at radius 1 is 1.22 bits per heavy atom. The summed E-state index contributed by atoms with van der Waals surface area (Å²) in [6.45, 7) is 5.44. The van der Waals surface area contributed by atoms with E-state index in [1.807, 2.05) is 0 Å². The lowest BCUT2D eigenvalue weighted by Crippen LogP contribution is -2.49. The van der Waals surface area contributed by atoms with E-state index in [1.165, 1.54) is 7.11 Å². The van der Waals surface area contributed by atoms with Crippen molar-refractivity contribution in [3.63, 3.8) is 0 Å². The Morgan fingerprint density at radius 3 is 2.35 bits per heavy atom. The maximum atomic E-state index is 13.4. The number of nitrogens with one attached hydrogen (secondary N) is 1. The summed E-state index contributed by atoms with van der Waals surface area (Å²) in [5.74, 6) is 0. The number of aromatic nitrogens is 2. The minimum atomic E-state index is -4.53. The predicted molar refractivity (Wildman–Crippen MR) is 129 cm³/mol. The molecule has 2 aromatic heterocycles. The molecule has 0 radical (unpaired) electrons. The number of carbonyl (C=O) groups excluding carboxylic acids is 2. The maximum Gasteiger partial charge on any atom is 0.426 e. The molecule has 0 saturated heterocycles. The number of hydrogen-bond donors (Lipinski definition) is 2. The molecule has 2 aromatic rings. The Balaban J connectivity index is 2.07. The van der Waals surface area contributed by atoms with Gasteiger partial charge in [-0.05, 0) is 46.1 Å². The Kier molecular flexibility index (Phi) is 7.98. The fraction of sp³-hybridized carbons (Fsp3) is 0.636. The zero-order chi connectivity index (χ0) is 27.9. The van der Waals surface area contributed by atoms with Crippen LogP contribution in [0.15, 0.2) is 9.59 Å². The van der Waals surface area contributed by atoms with Gasteiger partial charge in [-0.1, -0.05) is 0 Å². The molecule has 15 heteroatoms. The molecule has 0 aromatic carbocycles. The summed E-state index contributed by atoms with van der Waals surface area (Å²) in [6, 6.07) is -1.54. The Hall–Kier alpha value is -3.07. The van der Waals surface area contributed by atoms with Gasteiger partial charge >= 0.3 is 24.0 Å². The molecule has 11 nitrogen and oxygen atoms in total. The average molecular weight is 550 g/mol. The quantitative estimate of drug-likeness (QED) is 0.531. The number of methoxy groups -OCH3 is 1. The topological polar surface area (TPSA) is 138 Å². The van der Waals surface area contributed by atoms with Crippen molar-refractivity contribution in [2.45, 2.75) is 84.0 Å². The van der Waals surface area contributed by atoms with E-state index in [-0.39, 0.29) is 22.9 Å². The molecule has 206 valence electrons. The summed E-state index contributed by atoms with van der Waals surface area (Å²) in [7, 11) is 1.50. The summed E-state index contributed by atoms with van der Waals surface area (Å²) < 4.78 is 51.5. The number of nitrogens with two attached hydrogens (primary N) is 1. The number of aryl methyl sites for hydroxylation is 2. The molecule has 3 N–H and O–H groups in total. The van der Waals surface area contributed by atoms with Crippen molar-refractivity contribution in [1.29, 1.82) is 0 Å². The van der Waals surface area contributed by atoms with Crippen LogP contribution in [-0.4, -0.2) is 51.3 Å². The van der Waals surface area contributed by atoms with Crippen LogP contribution in [0.2, 0.25) is 0 Å². The fourth-order valence-corrected chi connectivity index (χ4v) is 5.29. The van der Waals surface area contributed by atoms with Gasteiger partial charge in [0.2, 0.25) is 0 Å². The number of nitrogens with zero attached hydrogens (tertiary/aromatic N) is 3. The molecule has 3 amide bonds. The smallest absolute Gasteiger partial charge is 0.426 e. The van der Waals surface area contributed by atoms with Crippen LogP contribution in [-0.2, 0) is 22.6 Å². The molecule has 1 saturated carbocycles. The third-order valence-corrected chi connectivity index (χ3v) is 7.22. The monoisotopic (exact) mass is 549 g/mol. The number of alkyl halides is 3. The second-order valence-corrected chi connectivity index (χ2v) is 10.9. The molecule has 1 aliphatic rings. The van der Waals surface area contributed by atoms with Gasteiger partial charge in [-0.2, -0.15) is 13.2 Å². The first-order chi connectivity index (χ1) is 17.0. The van der Waals surface area contributed by atoms with E-state index in [0.29, 0.717) is 23.3 Å². The van der Waals surface area contributed by atoms with E-state index in [1.54, 1.807) is 27.7 Å². The minimum absolute atomic E-state index is 0.0484. The van der Waals surface area contributed by atoms with Crippen LogP contribution in [0.3, 0.4) is 0 Å². The summed E-state index contributed by atoms with van der Waals surface area (Å²) in [5, 5.41) is 0.835. The number of amides is 3. The molecule has 0 bridgehead atoms. The van der Waals surface area contributed by atoms with Crippen molar-refractivity contribution < 1.29 is 32.2 Å². The van der Waals surface area contributed by atoms with Gasteiger partial charge in [0.25, 0.3) is 5.56 Å². The summed E-state index contributed by atoms with van der Waals surface area (Å²) in [6.07, 6.45) is -6.15. The first kappa shape index (κ1) is 28.5. The van der Waals surface area contributed by atoms with E-state index in [2.05, 4.69) is 5.43 Å². The van der Waals surface area contributed by atoms with Crippen LogP contribution in [0.1, 0.15) is 56.5 Å². The molecule has 3 rings (SSSR count). The van der Waals surface area contributed by atoms with Crippen molar-refractivity contribution in [2.24, 2.45) is 5.73 Å². The predicted octanol–water partition coefficient (Wildman–Crippen LogP) is 3.16. The highest BCUT2D eigenvalue weighted by atomic mass is 32.1. The van der Waals surface area contributed by atoms with Crippen molar-refractivity contribution in [3.8, 4) is 0 Å². The molecule has 0 spiro atoms. The van der Waals surface area contributed by atoms with Crippen LogP contribution in [0.25, 0.3) is 10.2 Å². The van der Waals surface area contributed by atoms with E-state index < -0.39 is 54.2 Å². The molecule has 0 atom stereocenters. The molecular formula is C22H30F3N5O6S. The lowest BCUT2D eigenvalue weighted by atomic mass is 9.89. The normalized spacial score (nSPS) is 17.9. The highest BCUT2D eigenvalue weighted by Gasteiger charge is 2.35. The zero-order valence-corrected chi connectivity index (χ0v) is 21.9. The molecule has 0 unspecified atom stereocenters. The summed E-state index contributed by atoms with van der Waals surface area (Å²) in [4.78, 5) is 51.2. The van der Waals surface area contributed by atoms with E-state index in [0.717, 1.165) is 25.5 Å². The lowest BCUT2D eigenvalue weighted by Gasteiger charge is -2.35. The number of fused-ring (bicyclic) bond motifs is 1. The van der Waals surface area contributed by atoms with E-state index >= 15 is 0 Å². The Morgan fingerprint density at radius 2 is 1.84 bits per heavy atom. The van der Waals surface area contributed by atoms with Crippen LogP contribution < -0.4 is 22.4 Å². The lowest BCUT2D eigenvalue weighted by molar-refractivity contribution is -0.136. The highest BCUT2D eigenvalue weighted by molar-refractivity contribution is 7.18. The number of halogens is 3. The van der Waals surface area contributed by atoms with Gasteiger partial charge in [-0.25, -0.2) is 24.8 Å². The van der Waals surface area contributed by atoms with Gasteiger partial charge in [0, 0.05) is 24.6 Å². The van der Waals surface area contributed by atoms with Gasteiger partial charge in [0.1, 0.15) is 10.4 Å². The second kappa shape index (κ2) is 10.4. The van der Waals surface area contributed by atoms with Gasteiger partial charge < -0.3 is 15.2 Å². The number of rotatable bonds is 6. The number of thiophene rings is 1. The molecular weight excluding hydrogens is 519 g/mol. The van der Waals surface area contributed by atoms with Gasteiger partial charge in [-0.15, -0.1) is 11.3 Å². The SMILES string of the molecule is CO[C@H]1C[C@H](n2c(=O)c3c(C)c(CN(NC(=O)OC(C)(C)C)C(N)=O)sc3n(CCC(F)(F)F)c2=O)C1. The first-order valence-corrected chi connectivity index (χ1v) is 12.3. The Bertz CT molecular complexity index is 1300. The maximum absolute atomic E-state index is 13.4. The molecule has 1 fully saturated rings. The number of primary amides is 1. The number of urea groups is 1. The van der Waals surface area contributed by atoms with Crippen LogP contribution in [0.5, 0.6) is 0 Å². The third-order valence-electron chi connectivity index (χ3n) is 5.92. The van der Waals surface area contributed by atoms with Crippen LogP contribution >= 0.6 is 11.3 Å². The average Bonchev–Trinajstić information content (AvgIpc) is 3.02. The van der Waals surface area contributed by atoms with Gasteiger partial charge in [0.15, 0.2) is 0 Å². The standard InChI is InChI=1S/C22H30F3N5O6S/c1-11-14(10-29(18(26)32)27-19(33)36-21(2,3)4)37-17-15(11)16(31)30(12-8-13(9-12)35-5)20(34)28(17)7-6-22(23,24)25/h12-13H,6-10H2,1-5H3,(H2,26,32)(H,27,33)/t12-,13-. The minimum Gasteiger partial charge on any atom is -0.443 e. The number of carbonyl (C=O) groups is 2. The molecule has 2 heterocycles. The summed E-state index contributed by atoms with van der Waals surface area (Å²) in [5.41, 5.74) is 5.66. The van der Waals surface area contributed by atoms with E-state index in [4.69, 9.17) is 15.2 Å².